The third kappa shape index (κ3) is 10.7. The fourth-order valence-electron chi connectivity index (χ4n) is 0.689. The van der Waals surface area contributed by atoms with Crippen molar-refractivity contribution in [1.82, 2.24) is 0 Å². The Kier molecular flexibility index (Phi) is 12.7. The van der Waals surface area contributed by atoms with Crippen LogP contribution in [0.4, 0.5) is 0 Å². The van der Waals surface area contributed by atoms with Gasteiger partial charge in [0.2, 0.25) is 0 Å². The number of aliphatic carboxylic acids is 1. The lowest BCUT2D eigenvalue weighted by molar-refractivity contribution is -0.131. The molecule has 0 rings (SSSR count). The van der Waals surface area contributed by atoms with Crippen LogP contribution in [-0.4, -0.2) is 11.1 Å². The van der Waals surface area contributed by atoms with Gasteiger partial charge in [0.1, 0.15) is 0 Å². The number of rotatable bonds is 4. The molecule has 0 radical (unpaired) electrons. The van der Waals surface area contributed by atoms with E-state index in [1.807, 2.05) is 45.9 Å². The summed E-state index contributed by atoms with van der Waals surface area (Å²) in [5.74, 6) is -0.908. The van der Waals surface area contributed by atoms with Gasteiger partial charge in [-0.05, 0) is 18.9 Å². The largest absolute Gasteiger partial charge is 0.478 e. The van der Waals surface area contributed by atoms with Crippen molar-refractivity contribution in [1.29, 1.82) is 0 Å². The maximum absolute atomic E-state index is 10.2. The lowest BCUT2D eigenvalue weighted by Crippen LogP contribution is -1.86. The smallest absolute Gasteiger partial charge is 0.328 e. The minimum atomic E-state index is -0.908. The first-order valence-electron chi connectivity index (χ1n) is 4.93. The lowest BCUT2D eigenvalue weighted by Gasteiger charge is -1.92. The molecule has 0 aromatic rings. The summed E-state index contributed by atoms with van der Waals surface area (Å²) in [7, 11) is 0. The Morgan fingerprint density at radius 2 is 1.86 bits per heavy atom. The van der Waals surface area contributed by atoms with E-state index >= 15 is 0 Å². The van der Waals surface area contributed by atoms with Crippen LogP contribution in [0, 0.1) is 0 Å². The minimum absolute atomic E-state index is 0.841. The zero-order valence-electron chi connectivity index (χ0n) is 9.45. The molecular formula is C12H20O2. The number of carbonyl (C=O) groups is 1. The Bertz CT molecular complexity index is 222. The van der Waals surface area contributed by atoms with Crippen molar-refractivity contribution in [2.45, 2.75) is 34.1 Å². The molecule has 0 atom stereocenters. The first kappa shape index (κ1) is 15.2. The molecule has 0 unspecified atom stereocenters. The van der Waals surface area contributed by atoms with E-state index in [4.69, 9.17) is 5.11 Å². The van der Waals surface area contributed by atoms with Crippen molar-refractivity contribution < 1.29 is 9.90 Å². The predicted molar refractivity (Wildman–Crippen MR) is 61.3 cm³/mol. The summed E-state index contributed by atoms with van der Waals surface area (Å²) in [6, 6.07) is 0. The van der Waals surface area contributed by atoms with Gasteiger partial charge in [0.15, 0.2) is 0 Å². The molecule has 0 fully saturated rings. The summed E-state index contributed by atoms with van der Waals surface area (Å²) >= 11 is 0. The van der Waals surface area contributed by atoms with Gasteiger partial charge < -0.3 is 5.11 Å². The van der Waals surface area contributed by atoms with E-state index in [0.29, 0.717) is 0 Å². The molecule has 80 valence electrons. The van der Waals surface area contributed by atoms with Crippen LogP contribution in [-0.2, 0) is 4.79 Å². The van der Waals surface area contributed by atoms with Crippen LogP contribution in [0.15, 0.2) is 36.0 Å². The minimum Gasteiger partial charge on any atom is -0.478 e. The molecule has 0 aromatic heterocycles. The van der Waals surface area contributed by atoms with Crippen LogP contribution in [0.3, 0.4) is 0 Å². The summed E-state index contributed by atoms with van der Waals surface area (Å²) < 4.78 is 0. The van der Waals surface area contributed by atoms with E-state index in [-0.39, 0.29) is 0 Å². The summed E-state index contributed by atoms with van der Waals surface area (Å²) in [6.07, 6.45) is 9.31. The van der Waals surface area contributed by atoms with Crippen molar-refractivity contribution >= 4 is 5.97 Å². The van der Waals surface area contributed by atoms with Crippen LogP contribution < -0.4 is 0 Å². The molecule has 0 aliphatic heterocycles. The Balaban J connectivity index is 0. The van der Waals surface area contributed by atoms with Gasteiger partial charge in [-0.3, -0.25) is 0 Å². The van der Waals surface area contributed by atoms with Gasteiger partial charge in [0.05, 0.1) is 0 Å². The zero-order chi connectivity index (χ0) is 11.4. The van der Waals surface area contributed by atoms with Crippen molar-refractivity contribution in [3.8, 4) is 0 Å². The SMILES string of the molecule is CC.C\C=C/C=C(/C=C/C(=O)O)CC. The topological polar surface area (TPSA) is 37.3 Å². The number of carboxylic acids is 1. The molecule has 0 aliphatic carbocycles. The van der Waals surface area contributed by atoms with Crippen molar-refractivity contribution in [3.05, 3.63) is 36.0 Å². The van der Waals surface area contributed by atoms with E-state index < -0.39 is 5.97 Å². The van der Waals surface area contributed by atoms with Crippen LogP contribution in [0.5, 0.6) is 0 Å². The van der Waals surface area contributed by atoms with Crippen molar-refractivity contribution in [2.75, 3.05) is 0 Å². The van der Waals surface area contributed by atoms with E-state index in [9.17, 15) is 4.79 Å². The highest BCUT2D eigenvalue weighted by molar-refractivity contribution is 5.80. The average Bonchev–Trinajstić information content (AvgIpc) is 2.21. The molecule has 0 aliphatic rings. The van der Waals surface area contributed by atoms with Gasteiger partial charge in [0.25, 0.3) is 0 Å². The van der Waals surface area contributed by atoms with Crippen molar-refractivity contribution in [3.63, 3.8) is 0 Å². The van der Waals surface area contributed by atoms with E-state index in [1.165, 1.54) is 0 Å². The monoisotopic (exact) mass is 196 g/mol. The second-order valence-corrected chi connectivity index (χ2v) is 2.29. The molecule has 2 heteroatoms. The number of carboxylic acid groups (broad SMARTS) is 1. The first-order chi connectivity index (χ1) is 6.70. The Morgan fingerprint density at radius 1 is 1.29 bits per heavy atom. The highest BCUT2D eigenvalue weighted by Crippen LogP contribution is 2.02. The lowest BCUT2D eigenvalue weighted by atomic mass is 10.2. The molecule has 14 heavy (non-hydrogen) atoms. The highest BCUT2D eigenvalue weighted by Gasteiger charge is 1.88. The Morgan fingerprint density at radius 3 is 2.21 bits per heavy atom. The summed E-state index contributed by atoms with van der Waals surface area (Å²) in [4.78, 5) is 10.2. The normalized spacial score (nSPS) is 11.6. The number of allylic oxidation sites excluding steroid dienone is 5. The predicted octanol–water partition coefficient (Wildman–Crippen LogP) is 3.57. The summed E-state index contributed by atoms with van der Waals surface area (Å²) in [6.45, 7) is 7.91. The second-order valence-electron chi connectivity index (χ2n) is 2.29. The van der Waals surface area contributed by atoms with Crippen molar-refractivity contribution in [2.24, 2.45) is 0 Å². The Hall–Kier alpha value is -1.31. The average molecular weight is 196 g/mol. The fourth-order valence-corrected chi connectivity index (χ4v) is 0.689. The zero-order valence-corrected chi connectivity index (χ0v) is 9.45. The van der Waals surface area contributed by atoms with Gasteiger partial charge in [-0.1, -0.05) is 45.1 Å². The fraction of sp³-hybridized carbons (Fsp3) is 0.417. The van der Waals surface area contributed by atoms with Crippen LogP contribution in [0.25, 0.3) is 0 Å². The third-order valence-corrected chi connectivity index (χ3v) is 1.35. The van der Waals surface area contributed by atoms with Crippen LogP contribution in [0.2, 0.25) is 0 Å². The molecule has 0 heterocycles. The molecule has 0 amide bonds. The van der Waals surface area contributed by atoms with Gasteiger partial charge in [-0.2, -0.15) is 0 Å². The maximum atomic E-state index is 10.2. The Labute approximate surface area is 86.6 Å². The molecule has 0 bridgehead atoms. The second kappa shape index (κ2) is 11.7. The van der Waals surface area contributed by atoms with Gasteiger partial charge in [0, 0.05) is 6.08 Å². The maximum Gasteiger partial charge on any atom is 0.328 e. The van der Waals surface area contributed by atoms with E-state index in [2.05, 4.69) is 0 Å². The number of hydrogen-bond donors (Lipinski definition) is 1. The summed E-state index contributed by atoms with van der Waals surface area (Å²) in [5.41, 5.74) is 1.01. The van der Waals surface area contributed by atoms with Crippen LogP contribution in [0.1, 0.15) is 34.1 Å². The summed E-state index contributed by atoms with van der Waals surface area (Å²) in [5, 5.41) is 8.35. The van der Waals surface area contributed by atoms with Gasteiger partial charge in [-0.25, -0.2) is 4.79 Å². The third-order valence-electron chi connectivity index (χ3n) is 1.35. The molecule has 1 N–H and O–H groups in total. The molecule has 0 saturated heterocycles. The van der Waals surface area contributed by atoms with E-state index in [0.717, 1.165) is 18.1 Å². The highest BCUT2D eigenvalue weighted by atomic mass is 16.4. The van der Waals surface area contributed by atoms with Gasteiger partial charge in [-0.15, -0.1) is 0 Å². The molecule has 0 saturated carbocycles. The molecule has 0 spiro atoms. The standard InChI is InChI=1S/C10H14O2.C2H6/c1-3-5-6-9(4-2)7-8-10(11)12;1-2/h3,5-8H,4H2,1-2H3,(H,11,12);1-2H3/b5-3-,8-7+,9-6+;. The van der Waals surface area contributed by atoms with Gasteiger partial charge >= 0.3 is 5.97 Å². The molecule has 0 aromatic carbocycles. The van der Waals surface area contributed by atoms with Crippen LogP contribution >= 0.6 is 0 Å². The quantitative estimate of drug-likeness (QED) is 0.551. The molecular weight excluding hydrogens is 176 g/mol. The number of hydrogen-bond acceptors (Lipinski definition) is 1. The first-order valence-corrected chi connectivity index (χ1v) is 4.93. The van der Waals surface area contributed by atoms with E-state index in [1.54, 1.807) is 6.08 Å². The molecule has 2 nitrogen and oxygen atoms in total.